The van der Waals surface area contributed by atoms with Gasteiger partial charge in [0, 0.05) is 12.7 Å². The van der Waals surface area contributed by atoms with Crippen molar-refractivity contribution in [3.8, 4) is 0 Å². The second kappa shape index (κ2) is 7.55. The van der Waals surface area contributed by atoms with Crippen molar-refractivity contribution in [2.75, 3.05) is 0 Å². The summed E-state index contributed by atoms with van der Waals surface area (Å²) in [6.07, 6.45) is 3.01. The van der Waals surface area contributed by atoms with Crippen molar-refractivity contribution >= 4 is 5.91 Å². The van der Waals surface area contributed by atoms with Gasteiger partial charge in [-0.1, -0.05) is 37.3 Å². The molecule has 0 aliphatic heterocycles. The predicted octanol–water partition coefficient (Wildman–Crippen LogP) is 1.96. The molecule has 0 atom stereocenters. The zero-order valence-electron chi connectivity index (χ0n) is 12.3. The van der Waals surface area contributed by atoms with Crippen LogP contribution in [0, 0.1) is 0 Å². The van der Waals surface area contributed by atoms with Crippen LogP contribution in [0.1, 0.15) is 29.3 Å². The van der Waals surface area contributed by atoms with Crippen LogP contribution in [0.25, 0.3) is 0 Å². The summed E-state index contributed by atoms with van der Waals surface area (Å²) in [7, 11) is 0. The maximum absolute atomic E-state index is 12.1. The molecule has 1 aromatic carbocycles. The second-order valence-corrected chi connectivity index (χ2v) is 4.89. The number of aromatic nitrogens is 1. The molecule has 2 aromatic rings. The van der Waals surface area contributed by atoms with E-state index in [4.69, 9.17) is 5.73 Å². The third-order valence-electron chi connectivity index (χ3n) is 3.51. The molecule has 0 spiro atoms. The fourth-order valence-electron chi connectivity index (χ4n) is 2.30. The Morgan fingerprint density at radius 1 is 1.14 bits per heavy atom. The molecular weight excluding hydrogens is 262 g/mol. The summed E-state index contributed by atoms with van der Waals surface area (Å²) in [6.45, 7) is 3.00. The van der Waals surface area contributed by atoms with Gasteiger partial charge in [0.05, 0.1) is 18.7 Å². The molecule has 2 rings (SSSR count). The third-order valence-corrected chi connectivity index (χ3v) is 3.51. The number of nitrogens with two attached hydrogens (primary N) is 1. The van der Waals surface area contributed by atoms with Crippen molar-refractivity contribution < 1.29 is 4.79 Å². The lowest BCUT2D eigenvalue weighted by atomic mass is 10.0. The normalized spacial score (nSPS) is 10.4. The van der Waals surface area contributed by atoms with Crippen LogP contribution in [0.5, 0.6) is 0 Å². The molecule has 4 heteroatoms. The number of hydrogen-bond donors (Lipinski definition) is 2. The molecule has 1 amide bonds. The average Bonchev–Trinajstić information content (AvgIpc) is 2.53. The molecule has 21 heavy (non-hydrogen) atoms. The first-order valence-electron chi connectivity index (χ1n) is 7.21. The topological polar surface area (TPSA) is 68.0 Å². The summed E-state index contributed by atoms with van der Waals surface area (Å²) >= 11 is 0. The monoisotopic (exact) mass is 283 g/mol. The molecule has 0 aliphatic rings. The zero-order chi connectivity index (χ0) is 15.1. The second-order valence-electron chi connectivity index (χ2n) is 4.89. The first kappa shape index (κ1) is 15.2. The molecule has 0 aliphatic carbocycles. The molecule has 0 saturated carbocycles. The highest BCUT2D eigenvalue weighted by Gasteiger charge is 2.08. The van der Waals surface area contributed by atoms with Gasteiger partial charge >= 0.3 is 0 Å². The summed E-state index contributed by atoms with van der Waals surface area (Å²) in [6, 6.07) is 11.7. The van der Waals surface area contributed by atoms with Gasteiger partial charge in [-0.05, 0) is 29.2 Å². The van der Waals surface area contributed by atoms with Gasteiger partial charge < -0.3 is 11.1 Å². The SMILES string of the molecule is CCc1cccnc1CNC(=O)Cc1ccccc1CN. The average molecular weight is 283 g/mol. The van der Waals surface area contributed by atoms with Crippen LogP contribution in [0.3, 0.4) is 0 Å². The number of nitrogens with one attached hydrogen (secondary N) is 1. The minimum Gasteiger partial charge on any atom is -0.350 e. The van der Waals surface area contributed by atoms with Crippen LogP contribution < -0.4 is 11.1 Å². The van der Waals surface area contributed by atoms with Crippen molar-refractivity contribution in [2.45, 2.75) is 32.9 Å². The maximum atomic E-state index is 12.1. The summed E-state index contributed by atoms with van der Waals surface area (Å²) in [5.74, 6) is -0.0105. The van der Waals surface area contributed by atoms with Crippen molar-refractivity contribution in [3.05, 3.63) is 65.0 Å². The molecule has 0 saturated heterocycles. The third kappa shape index (κ3) is 4.13. The van der Waals surface area contributed by atoms with Crippen LogP contribution in [0.2, 0.25) is 0 Å². The molecule has 110 valence electrons. The quantitative estimate of drug-likeness (QED) is 0.851. The summed E-state index contributed by atoms with van der Waals surface area (Å²) in [5.41, 5.74) is 9.78. The smallest absolute Gasteiger partial charge is 0.224 e. The molecule has 1 aromatic heterocycles. The Balaban J connectivity index is 1.96. The molecule has 0 radical (unpaired) electrons. The van der Waals surface area contributed by atoms with E-state index >= 15 is 0 Å². The maximum Gasteiger partial charge on any atom is 0.224 e. The highest BCUT2D eigenvalue weighted by Crippen LogP contribution is 2.09. The summed E-state index contributed by atoms with van der Waals surface area (Å²) in [5, 5.41) is 2.93. The fraction of sp³-hybridized carbons (Fsp3) is 0.294. The van der Waals surface area contributed by atoms with Crippen LogP contribution in [-0.2, 0) is 30.7 Å². The number of nitrogens with zero attached hydrogens (tertiary/aromatic N) is 1. The van der Waals surface area contributed by atoms with Gasteiger partial charge in [-0.25, -0.2) is 0 Å². The van der Waals surface area contributed by atoms with Gasteiger partial charge in [-0.15, -0.1) is 0 Å². The lowest BCUT2D eigenvalue weighted by Gasteiger charge is -2.10. The number of carbonyl (C=O) groups is 1. The van der Waals surface area contributed by atoms with E-state index in [1.54, 1.807) is 6.20 Å². The van der Waals surface area contributed by atoms with Crippen molar-refractivity contribution in [1.29, 1.82) is 0 Å². The number of benzene rings is 1. The lowest BCUT2D eigenvalue weighted by molar-refractivity contribution is -0.120. The first-order valence-corrected chi connectivity index (χ1v) is 7.21. The predicted molar refractivity (Wildman–Crippen MR) is 83.5 cm³/mol. The van der Waals surface area contributed by atoms with Crippen molar-refractivity contribution in [2.24, 2.45) is 5.73 Å². The number of rotatable bonds is 6. The van der Waals surface area contributed by atoms with Crippen molar-refractivity contribution in [1.82, 2.24) is 10.3 Å². The Morgan fingerprint density at radius 3 is 2.57 bits per heavy atom. The van der Waals surface area contributed by atoms with Crippen LogP contribution in [0.15, 0.2) is 42.6 Å². The van der Waals surface area contributed by atoms with Gasteiger partial charge in [0.25, 0.3) is 0 Å². The molecule has 0 unspecified atom stereocenters. The van der Waals surface area contributed by atoms with Crippen LogP contribution >= 0.6 is 0 Å². The van der Waals surface area contributed by atoms with E-state index in [0.29, 0.717) is 19.5 Å². The lowest BCUT2D eigenvalue weighted by Crippen LogP contribution is -2.26. The Labute approximate surface area is 125 Å². The molecule has 0 fully saturated rings. The van der Waals surface area contributed by atoms with Gasteiger partial charge in [-0.2, -0.15) is 0 Å². The molecular formula is C17H21N3O. The standard InChI is InChI=1S/C17H21N3O/c1-2-13-8-5-9-19-16(13)12-20-17(21)10-14-6-3-4-7-15(14)11-18/h3-9H,2,10-12,18H2,1H3,(H,20,21). The molecule has 0 bridgehead atoms. The number of pyridine rings is 1. The van der Waals surface area contributed by atoms with Crippen LogP contribution in [-0.4, -0.2) is 10.9 Å². The first-order chi connectivity index (χ1) is 10.2. The highest BCUT2D eigenvalue weighted by atomic mass is 16.1. The summed E-state index contributed by atoms with van der Waals surface area (Å²) < 4.78 is 0. The van der Waals surface area contributed by atoms with Gasteiger partial charge in [0.2, 0.25) is 5.91 Å². The molecule has 4 nitrogen and oxygen atoms in total. The zero-order valence-corrected chi connectivity index (χ0v) is 12.3. The number of hydrogen-bond acceptors (Lipinski definition) is 3. The van der Waals surface area contributed by atoms with E-state index in [2.05, 4.69) is 17.2 Å². The Kier molecular flexibility index (Phi) is 5.46. The Bertz CT molecular complexity index is 610. The molecule has 3 N–H and O–H groups in total. The minimum atomic E-state index is -0.0105. The van der Waals surface area contributed by atoms with E-state index < -0.39 is 0 Å². The largest absolute Gasteiger partial charge is 0.350 e. The van der Waals surface area contributed by atoms with Gasteiger partial charge in [-0.3, -0.25) is 9.78 Å². The number of aryl methyl sites for hydroxylation is 1. The van der Waals surface area contributed by atoms with E-state index in [0.717, 1.165) is 23.2 Å². The van der Waals surface area contributed by atoms with Crippen molar-refractivity contribution in [3.63, 3.8) is 0 Å². The number of amides is 1. The van der Waals surface area contributed by atoms with E-state index in [1.165, 1.54) is 5.56 Å². The Hall–Kier alpha value is -2.20. The minimum absolute atomic E-state index is 0.0105. The van der Waals surface area contributed by atoms with E-state index in [9.17, 15) is 4.79 Å². The highest BCUT2D eigenvalue weighted by molar-refractivity contribution is 5.78. The van der Waals surface area contributed by atoms with Gasteiger partial charge in [0.1, 0.15) is 0 Å². The van der Waals surface area contributed by atoms with E-state index in [1.807, 2.05) is 36.4 Å². The van der Waals surface area contributed by atoms with Gasteiger partial charge in [0.15, 0.2) is 0 Å². The molecule has 1 heterocycles. The fourth-order valence-corrected chi connectivity index (χ4v) is 2.30. The van der Waals surface area contributed by atoms with E-state index in [-0.39, 0.29) is 5.91 Å². The number of carbonyl (C=O) groups excluding carboxylic acids is 1. The van der Waals surface area contributed by atoms with Crippen LogP contribution in [0.4, 0.5) is 0 Å². The summed E-state index contributed by atoms with van der Waals surface area (Å²) in [4.78, 5) is 16.4. The Morgan fingerprint density at radius 2 is 1.86 bits per heavy atom.